The van der Waals surface area contributed by atoms with Crippen LogP contribution in [0.3, 0.4) is 0 Å². The van der Waals surface area contributed by atoms with E-state index >= 15 is 0 Å². The van der Waals surface area contributed by atoms with Crippen LogP contribution in [-0.4, -0.2) is 40.2 Å². The Morgan fingerprint density at radius 1 is 1.42 bits per heavy atom. The second-order valence-electron chi connectivity index (χ2n) is 5.25. The maximum atomic E-state index is 5.89. The monoisotopic (exact) mass is 263 g/mol. The first kappa shape index (κ1) is 12.8. The number of nitrogens with zero attached hydrogens (tertiary/aromatic N) is 3. The predicted molar refractivity (Wildman–Crippen MR) is 72.2 cm³/mol. The van der Waals surface area contributed by atoms with Crippen LogP contribution >= 0.6 is 0 Å². The quantitative estimate of drug-likeness (QED) is 0.623. The van der Waals surface area contributed by atoms with Gasteiger partial charge in [-0.1, -0.05) is 12.8 Å². The number of nitrogens with one attached hydrogen (secondary N) is 1. The highest BCUT2D eigenvalue weighted by molar-refractivity contribution is 5.22. The Labute approximate surface area is 113 Å². The average molecular weight is 263 g/mol. The summed E-state index contributed by atoms with van der Waals surface area (Å²) in [6.45, 7) is 2.66. The van der Waals surface area contributed by atoms with E-state index < -0.39 is 0 Å². The van der Waals surface area contributed by atoms with E-state index in [1.807, 2.05) is 6.07 Å². The van der Waals surface area contributed by atoms with E-state index in [0.29, 0.717) is 18.1 Å². The van der Waals surface area contributed by atoms with Crippen LogP contribution < -0.4 is 11.3 Å². The number of hydrogen-bond acceptors (Lipinski definition) is 6. The number of hydrazine groups is 1. The number of anilines is 1. The maximum absolute atomic E-state index is 5.89. The van der Waals surface area contributed by atoms with E-state index in [9.17, 15) is 0 Å². The molecule has 2 atom stereocenters. The molecular weight excluding hydrogens is 242 g/mol. The second kappa shape index (κ2) is 5.81. The third kappa shape index (κ3) is 2.86. The fraction of sp³-hybridized carbons (Fsp3) is 0.692. The van der Waals surface area contributed by atoms with Gasteiger partial charge in [-0.25, -0.2) is 15.8 Å². The van der Waals surface area contributed by atoms with E-state index in [4.69, 9.17) is 10.6 Å². The van der Waals surface area contributed by atoms with Crippen LogP contribution in [-0.2, 0) is 11.3 Å². The smallest absolute Gasteiger partial charge is 0.237 e. The molecule has 6 heteroatoms. The highest BCUT2D eigenvalue weighted by atomic mass is 16.5. The summed E-state index contributed by atoms with van der Waals surface area (Å²) in [5.74, 6) is 5.83. The van der Waals surface area contributed by atoms with Crippen molar-refractivity contribution in [2.75, 3.05) is 18.6 Å². The fourth-order valence-electron chi connectivity index (χ4n) is 3.13. The Kier molecular flexibility index (Phi) is 3.91. The van der Waals surface area contributed by atoms with Crippen LogP contribution in [0.4, 0.5) is 5.95 Å². The molecule has 0 bridgehead atoms. The molecule has 19 heavy (non-hydrogen) atoms. The van der Waals surface area contributed by atoms with Gasteiger partial charge < -0.3 is 4.74 Å². The molecule has 1 saturated heterocycles. The van der Waals surface area contributed by atoms with Gasteiger partial charge >= 0.3 is 0 Å². The number of nitrogens with two attached hydrogens (primary N) is 1. The molecule has 0 radical (unpaired) electrons. The van der Waals surface area contributed by atoms with Crippen LogP contribution in [0.5, 0.6) is 0 Å². The van der Waals surface area contributed by atoms with Crippen molar-refractivity contribution in [3.05, 3.63) is 18.0 Å². The van der Waals surface area contributed by atoms with Crippen LogP contribution in [0.1, 0.15) is 31.4 Å². The molecule has 6 nitrogen and oxygen atoms in total. The van der Waals surface area contributed by atoms with Crippen molar-refractivity contribution in [1.29, 1.82) is 0 Å². The largest absolute Gasteiger partial charge is 0.375 e. The first-order valence-corrected chi connectivity index (χ1v) is 7.01. The maximum Gasteiger partial charge on any atom is 0.237 e. The molecule has 2 heterocycles. The Balaban J connectivity index is 1.70. The molecule has 1 aliphatic carbocycles. The summed E-state index contributed by atoms with van der Waals surface area (Å²) in [6, 6.07) is 2.50. The minimum Gasteiger partial charge on any atom is -0.375 e. The van der Waals surface area contributed by atoms with Crippen LogP contribution in [0.15, 0.2) is 12.3 Å². The Morgan fingerprint density at radius 2 is 2.32 bits per heavy atom. The summed E-state index contributed by atoms with van der Waals surface area (Å²) in [5.41, 5.74) is 3.50. The van der Waals surface area contributed by atoms with Crippen molar-refractivity contribution in [2.24, 2.45) is 5.84 Å². The van der Waals surface area contributed by atoms with Gasteiger partial charge in [0, 0.05) is 25.3 Å². The molecule has 3 rings (SSSR count). The predicted octanol–water partition coefficient (Wildman–Crippen LogP) is 0.906. The summed E-state index contributed by atoms with van der Waals surface area (Å²) >= 11 is 0. The van der Waals surface area contributed by atoms with Gasteiger partial charge in [0.1, 0.15) is 0 Å². The van der Waals surface area contributed by atoms with Gasteiger partial charge in [0.2, 0.25) is 5.95 Å². The number of aromatic nitrogens is 2. The number of ether oxygens (including phenoxy) is 1. The SMILES string of the molecule is NNc1nccc(CN2CCOC3CCCCC32)n1. The summed E-state index contributed by atoms with van der Waals surface area (Å²) in [4.78, 5) is 10.9. The molecule has 2 aliphatic rings. The summed E-state index contributed by atoms with van der Waals surface area (Å²) in [6.07, 6.45) is 7.19. The zero-order valence-electron chi connectivity index (χ0n) is 11.1. The van der Waals surface area contributed by atoms with Crippen molar-refractivity contribution < 1.29 is 4.74 Å². The van der Waals surface area contributed by atoms with Gasteiger partial charge in [-0.05, 0) is 18.9 Å². The molecule has 1 saturated carbocycles. The minimum absolute atomic E-state index is 0.413. The second-order valence-corrected chi connectivity index (χ2v) is 5.25. The number of rotatable bonds is 3. The van der Waals surface area contributed by atoms with E-state index in [1.165, 1.54) is 25.7 Å². The van der Waals surface area contributed by atoms with Gasteiger partial charge in [-0.2, -0.15) is 0 Å². The van der Waals surface area contributed by atoms with Crippen molar-refractivity contribution in [3.8, 4) is 0 Å². The molecule has 0 spiro atoms. The van der Waals surface area contributed by atoms with Crippen LogP contribution in [0.2, 0.25) is 0 Å². The van der Waals surface area contributed by atoms with E-state index in [1.54, 1.807) is 6.20 Å². The molecule has 104 valence electrons. The highest BCUT2D eigenvalue weighted by Gasteiger charge is 2.34. The number of nitrogen functional groups attached to an aromatic ring is 1. The summed E-state index contributed by atoms with van der Waals surface area (Å²) < 4.78 is 5.89. The molecule has 1 aromatic rings. The van der Waals surface area contributed by atoms with Crippen LogP contribution in [0, 0.1) is 0 Å². The molecule has 3 N–H and O–H groups in total. The summed E-state index contributed by atoms with van der Waals surface area (Å²) in [5, 5.41) is 0. The molecule has 2 unspecified atom stereocenters. The van der Waals surface area contributed by atoms with Gasteiger partial charge in [0.15, 0.2) is 0 Å². The Morgan fingerprint density at radius 3 is 3.21 bits per heavy atom. The molecule has 2 fully saturated rings. The highest BCUT2D eigenvalue weighted by Crippen LogP contribution is 2.29. The zero-order valence-corrected chi connectivity index (χ0v) is 11.1. The topological polar surface area (TPSA) is 76.3 Å². The van der Waals surface area contributed by atoms with Crippen molar-refractivity contribution in [1.82, 2.24) is 14.9 Å². The lowest BCUT2D eigenvalue weighted by atomic mass is 9.90. The lowest BCUT2D eigenvalue weighted by molar-refractivity contribution is -0.0914. The average Bonchev–Trinajstić information content (AvgIpc) is 2.48. The molecular formula is C13H21N5O. The first-order chi connectivity index (χ1) is 9.36. The van der Waals surface area contributed by atoms with Crippen molar-refractivity contribution in [2.45, 2.75) is 44.4 Å². The molecule has 0 amide bonds. The number of morpholine rings is 1. The molecule has 0 aromatic carbocycles. The van der Waals surface area contributed by atoms with Gasteiger partial charge in [-0.15, -0.1) is 0 Å². The van der Waals surface area contributed by atoms with Gasteiger partial charge in [0.25, 0.3) is 0 Å². The minimum atomic E-state index is 0.413. The lowest BCUT2D eigenvalue weighted by Gasteiger charge is -2.43. The van der Waals surface area contributed by atoms with Crippen LogP contribution in [0.25, 0.3) is 0 Å². The Bertz CT molecular complexity index is 425. The third-order valence-electron chi connectivity index (χ3n) is 4.05. The normalized spacial score (nSPS) is 27.8. The number of fused-ring (bicyclic) bond motifs is 1. The van der Waals surface area contributed by atoms with E-state index in [0.717, 1.165) is 25.4 Å². The van der Waals surface area contributed by atoms with Crippen molar-refractivity contribution >= 4 is 5.95 Å². The third-order valence-corrected chi connectivity index (χ3v) is 4.05. The Hall–Kier alpha value is -1.24. The number of hydrogen-bond donors (Lipinski definition) is 2. The fourth-order valence-corrected chi connectivity index (χ4v) is 3.13. The standard InChI is InChI=1S/C13H21N5O/c14-17-13-15-6-5-10(16-13)9-18-7-8-19-12-4-2-1-3-11(12)18/h5-6,11-12H,1-4,7-9,14H2,(H,15,16,17). The van der Waals surface area contributed by atoms with E-state index in [-0.39, 0.29) is 0 Å². The van der Waals surface area contributed by atoms with Crippen molar-refractivity contribution in [3.63, 3.8) is 0 Å². The van der Waals surface area contributed by atoms with Gasteiger partial charge in [-0.3, -0.25) is 10.3 Å². The lowest BCUT2D eigenvalue weighted by Crippen LogP contribution is -2.52. The van der Waals surface area contributed by atoms with Gasteiger partial charge in [0.05, 0.1) is 18.4 Å². The van der Waals surface area contributed by atoms with E-state index in [2.05, 4.69) is 20.3 Å². The first-order valence-electron chi connectivity index (χ1n) is 7.01. The summed E-state index contributed by atoms with van der Waals surface area (Å²) in [7, 11) is 0. The molecule has 1 aromatic heterocycles. The molecule has 1 aliphatic heterocycles. The zero-order chi connectivity index (χ0) is 13.1.